The molecule has 2 aliphatic rings. The predicted molar refractivity (Wildman–Crippen MR) is 131 cm³/mol. The molecule has 1 amide bonds. The van der Waals surface area contributed by atoms with Crippen molar-refractivity contribution in [1.82, 2.24) is 4.90 Å². The molecule has 0 aliphatic carbocycles. The van der Waals surface area contributed by atoms with Crippen molar-refractivity contribution in [2.24, 2.45) is 0 Å². The van der Waals surface area contributed by atoms with Gasteiger partial charge in [-0.05, 0) is 55.7 Å². The van der Waals surface area contributed by atoms with Crippen molar-refractivity contribution in [3.63, 3.8) is 0 Å². The highest BCUT2D eigenvalue weighted by molar-refractivity contribution is 6.48. The van der Waals surface area contributed by atoms with Crippen LogP contribution in [-0.2, 0) is 27.3 Å². The van der Waals surface area contributed by atoms with Crippen molar-refractivity contribution in [3.05, 3.63) is 67.7 Å². The summed E-state index contributed by atoms with van der Waals surface area (Å²) in [5, 5.41) is 9.94. The molecule has 1 unspecified atom stereocenters. The van der Waals surface area contributed by atoms with Crippen LogP contribution in [0.25, 0.3) is 0 Å². The van der Waals surface area contributed by atoms with Gasteiger partial charge in [0.1, 0.15) is 11.2 Å². The second-order valence-electron chi connectivity index (χ2n) is 10.2. The Kier molecular flexibility index (Phi) is 7.04. The summed E-state index contributed by atoms with van der Waals surface area (Å²) in [7, 11) is 0. The first kappa shape index (κ1) is 28.0. The number of carbonyl (C=O) groups excluding carboxylic acids is 2. The molecular formula is C25H23Cl3F3NO5. The van der Waals surface area contributed by atoms with Crippen LogP contribution in [0.4, 0.5) is 18.0 Å². The number of likely N-dealkylation sites (tertiary alicyclic amines) is 1. The first-order valence-electron chi connectivity index (χ1n) is 11.2. The lowest BCUT2D eigenvalue weighted by Gasteiger charge is -2.47. The molecule has 1 saturated heterocycles. The van der Waals surface area contributed by atoms with E-state index < -0.39 is 46.8 Å². The Morgan fingerprint density at radius 3 is 2.22 bits per heavy atom. The van der Waals surface area contributed by atoms with Crippen molar-refractivity contribution in [2.45, 2.75) is 56.8 Å². The molecule has 1 fully saturated rings. The van der Waals surface area contributed by atoms with Crippen LogP contribution in [0.1, 0.15) is 54.2 Å². The summed E-state index contributed by atoms with van der Waals surface area (Å²) >= 11 is 17.6. The van der Waals surface area contributed by atoms with E-state index in [0.717, 1.165) is 17.7 Å². The zero-order valence-corrected chi connectivity index (χ0v) is 22.3. The van der Waals surface area contributed by atoms with Gasteiger partial charge in [0.15, 0.2) is 11.4 Å². The number of alkyl halides is 3. The van der Waals surface area contributed by atoms with Gasteiger partial charge in [0.25, 0.3) is 0 Å². The predicted octanol–water partition coefficient (Wildman–Crippen LogP) is 6.65. The number of benzene rings is 2. The Bertz CT molecular complexity index is 1250. The van der Waals surface area contributed by atoms with Crippen molar-refractivity contribution in [1.29, 1.82) is 0 Å². The van der Waals surface area contributed by atoms with Crippen LogP contribution in [0.2, 0.25) is 15.1 Å². The number of hydrogen-bond acceptors (Lipinski definition) is 5. The molecule has 12 heteroatoms. The van der Waals surface area contributed by atoms with E-state index in [1.807, 2.05) is 0 Å². The molecule has 1 atom stereocenters. The first-order chi connectivity index (χ1) is 17.0. The molecular weight excluding hydrogens is 558 g/mol. The van der Waals surface area contributed by atoms with E-state index in [9.17, 15) is 27.9 Å². The number of fused-ring (bicyclic) bond motifs is 2. The number of amides is 1. The maximum Gasteiger partial charge on any atom is 0.421 e. The third kappa shape index (κ3) is 5.16. The summed E-state index contributed by atoms with van der Waals surface area (Å²) in [6.45, 7) is 5.88. The Labute approximate surface area is 226 Å². The Morgan fingerprint density at radius 2 is 1.68 bits per heavy atom. The van der Waals surface area contributed by atoms with E-state index in [-0.39, 0.29) is 40.3 Å². The summed E-state index contributed by atoms with van der Waals surface area (Å²) in [6.07, 6.45) is -7.00. The van der Waals surface area contributed by atoms with Crippen molar-refractivity contribution >= 4 is 46.7 Å². The third-order valence-electron chi connectivity index (χ3n) is 6.31. The molecule has 1 spiro atoms. The van der Waals surface area contributed by atoms with Crippen LogP contribution in [0.15, 0.2) is 30.3 Å². The van der Waals surface area contributed by atoms with Gasteiger partial charge in [-0.15, -0.1) is 0 Å². The molecule has 0 bridgehead atoms. The fourth-order valence-electron chi connectivity index (χ4n) is 4.41. The SMILES string of the molecule is CC(C)(C)OC(=O)N1CC2(C1)OCc1cc(C(=O)CC(O)(c3cc(Cl)c(Cl)c(Cl)c3)C(F)(F)F)ccc12. The van der Waals surface area contributed by atoms with Gasteiger partial charge in [-0.3, -0.25) is 4.79 Å². The van der Waals surface area contributed by atoms with E-state index in [2.05, 4.69) is 0 Å². The number of ketones is 1. The second kappa shape index (κ2) is 9.31. The largest absolute Gasteiger partial charge is 0.444 e. The standard InChI is InChI=1S/C25H23Cl3F3NO5/c1-22(2,3)37-21(34)32-11-23(12-32)16-5-4-13(6-14(16)10-36-23)19(33)9-24(35,25(29,30)31)15-7-17(26)20(28)18(27)8-15/h4-8,35H,9-12H2,1-3H3. The number of rotatable bonds is 4. The number of Topliss-reactive ketones (excluding diaryl/α,β-unsaturated/α-hetero) is 1. The number of carbonyl (C=O) groups is 2. The highest BCUT2D eigenvalue weighted by atomic mass is 35.5. The summed E-state index contributed by atoms with van der Waals surface area (Å²) in [5.41, 5.74) is -4.35. The van der Waals surface area contributed by atoms with Gasteiger partial charge in [-0.1, -0.05) is 46.9 Å². The minimum absolute atomic E-state index is 0.0310. The fraction of sp³-hybridized carbons (Fsp3) is 0.440. The summed E-state index contributed by atoms with van der Waals surface area (Å²) in [4.78, 5) is 26.8. The van der Waals surface area contributed by atoms with Crippen molar-refractivity contribution in [2.75, 3.05) is 13.1 Å². The molecule has 6 nitrogen and oxygen atoms in total. The van der Waals surface area contributed by atoms with Crippen LogP contribution < -0.4 is 0 Å². The molecule has 200 valence electrons. The van der Waals surface area contributed by atoms with Crippen molar-refractivity contribution in [3.8, 4) is 0 Å². The number of ether oxygens (including phenoxy) is 2. The average molecular weight is 581 g/mol. The number of halogens is 6. The summed E-state index contributed by atoms with van der Waals surface area (Å²) in [6, 6.07) is 6.10. The molecule has 1 N–H and O–H groups in total. The smallest absolute Gasteiger partial charge is 0.421 e. The normalized spacial score (nSPS) is 18.3. The molecule has 2 heterocycles. The number of aliphatic hydroxyl groups is 1. The molecule has 2 aromatic rings. The van der Waals surface area contributed by atoms with Crippen LogP contribution >= 0.6 is 34.8 Å². The minimum Gasteiger partial charge on any atom is -0.444 e. The number of nitrogens with zero attached hydrogens (tertiary/aromatic N) is 1. The molecule has 4 rings (SSSR count). The van der Waals surface area contributed by atoms with Crippen LogP contribution in [0, 0.1) is 0 Å². The van der Waals surface area contributed by atoms with E-state index in [4.69, 9.17) is 44.3 Å². The highest BCUT2D eigenvalue weighted by Gasteiger charge is 2.57. The van der Waals surface area contributed by atoms with Crippen LogP contribution in [0.3, 0.4) is 0 Å². The lowest BCUT2D eigenvalue weighted by Crippen LogP contribution is -2.61. The molecule has 0 saturated carbocycles. The van der Waals surface area contributed by atoms with Gasteiger partial charge in [-0.25, -0.2) is 4.79 Å². The highest BCUT2D eigenvalue weighted by Crippen LogP contribution is 2.47. The van der Waals surface area contributed by atoms with Gasteiger partial charge in [-0.2, -0.15) is 13.2 Å². The second-order valence-corrected chi connectivity index (χ2v) is 11.4. The lowest BCUT2D eigenvalue weighted by molar-refractivity contribution is -0.264. The molecule has 2 aliphatic heterocycles. The van der Waals surface area contributed by atoms with Crippen LogP contribution in [0.5, 0.6) is 0 Å². The Morgan fingerprint density at radius 1 is 1.08 bits per heavy atom. The Balaban J connectivity index is 1.55. The van der Waals surface area contributed by atoms with E-state index in [1.165, 1.54) is 17.0 Å². The van der Waals surface area contributed by atoms with E-state index in [0.29, 0.717) is 5.56 Å². The third-order valence-corrected chi connectivity index (χ3v) is 7.51. The van der Waals surface area contributed by atoms with E-state index >= 15 is 0 Å². The van der Waals surface area contributed by atoms with E-state index in [1.54, 1.807) is 26.8 Å². The van der Waals surface area contributed by atoms with Crippen molar-refractivity contribution < 1.29 is 37.3 Å². The van der Waals surface area contributed by atoms with Gasteiger partial charge < -0.3 is 19.5 Å². The van der Waals surface area contributed by atoms with Gasteiger partial charge >= 0.3 is 12.3 Å². The van der Waals surface area contributed by atoms with Crippen LogP contribution in [-0.4, -0.2) is 46.7 Å². The molecule has 37 heavy (non-hydrogen) atoms. The maximum atomic E-state index is 14.0. The zero-order chi connectivity index (χ0) is 27.6. The van der Waals surface area contributed by atoms with Gasteiger partial charge in [0.05, 0.1) is 41.2 Å². The first-order valence-corrected chi connectivity index (χ1v) is 12.3. The number of hydrogen-bond donors (Lipinski definition) is 1. The zero-order valence-electron chi connectivity index (χ0n) is 20.0. The monoisotopic (exact) mass is 579 g/mol. The topological polar surface area (TPSA) is 76.1 Å². The maximum absolute atomic E-state index is 14.0. The lowest BCUT2D eigenvalue weighted by atomic mass is 9.83. The minimum atomic E-state index is -5.22. The molecule has 2 aromatic carbocycles. The Hall–Kier alpha value is -2.04. The fourth-order valence-corrected chi connectivity index (χ4v) is 5.00. The quantitative estimate of drug-likeness (QED) is 0.324. The van der Waals surface area contributed by atoms with Gasteiger partial charge in [0, 0.05) is 5.56 Å². The summed E-state index contributed by atoms with van der Waals surface area (Å²) in [5.74, 6) is -0.949. The van der Waals surface area contributed by atoms with Gasteiger partial charge in [0.2, 0.25) is 0 Å². The average Bonchev–Trinajstić information content (AvgIpc) is 3.13. The summed E-state index contributed by atoms with van der Waals surface area (Å²) < 4.78 is 53.4. The molecule has 0 aromatic heterocycles. The molecule has 0 radical (unpaired) electrons.